The van der Waals surface area contributed by atoms with Crippen LogP contribution in [-0.4, -0.2) is 58.5 Å². The van der Waals surface area contributed by atoms with Gasteiger partial charge in [0.25, 0.3) is 5.91 Å². The molecule has 158 valence electrons. The smallest absolute Gasteiger partial charge is 0.273 e. The SMILES string of the molecule is NC(=O)c1nnc(N2CCCCC2)nc1Nc1ccc(N2CCC(C=O)CC2)nc1. The molecular weight excluding hydrogens is 384 g/mol. The summed E-state index contributed by atoms with van der Waals surface area (Å²) in [6.45, 7) is 3.36. The second-order valence-corrected chi connectivity index (χ2v) is 7.71. The number of hydrogen-bond donors (Lipinski definition) is 2. The predicted molar refractivity (Wildman–Crippen MR) is 113 cm³/mol. The van der Waals surface area contributed by atoms with Crippen LogP contribution in [-0.2, 0) is 4.79 Å². The van der Waals surface area contributed by atoms with Crippen molar-refractivity contribution in [2.24, 2.45) is 11.7 Å². The molecule has 0 aromatic carbocycles. The molecule has 0 aliphatic carbocycles. The fourth-order valence-electron chi connectivity index (χ4n) is 3.85. The lowest BCUT2D eigenvalue weighted by atomic mass is 9.99. The van der Waals surface area contributed by atoms with Crippen LogP contribution in [0.5, 0.6) is 0 Å². The van der Waals surface area contributed by atoms with E-state index in [4.69, 9.17) is 5.73 Å². The first-order valence-electron chi connectivity index (χ1n) is 10.4. The first-order chi connectivity index (χ1) is 14.6. The van der Waals surface area contributed by atoms with Crippen LogP contribution in [0.1, 0.15) is 42.6 Å². The molecule has 0 radical (unpaired) electrons. The van der Waals surface area contributed by atoms with Crippen molar-refractivity contribution in [3.05, 3.63) is 24.0 Å². The third-order valence-corrected chi connectivity index (χ3v) is 5.61. The molecular formula is C20H26N8O2. The molecule has 10 nitrogen and oxygen atoms in total. The quantitative estimate of drug-likeness (QED) is 0.680. The molecule has 2 aromatic rings. The second kappa shape index (κ2) is 9.02. The van der Waals surface area contributed by atoms with Crippen LogP contribution in [0.25, 0.3) is 0 Å². The third-order valence-electron chi connectivity index (χ3n) is 5.61. The number of primary amides is 1. The van der Waals surface area contributed by atoms with E-state index in [-0.39, 0.29) is 17.4 Å². The Labute approximate surface area is 174 Å². The lowest BCUT2D eigenvalue weighted by Crippen LogP contribution is -2.34. The minimum absolute atomic E-state index is 0.00392. The summed E-state index contributed by atoms with van der Waals surface area (Å²) in [4.78, 5) is 36.0. The summed E-state index contributed by atoms with van der Waals surface area (Å²) >= 11 is 0. The average Bonchev–Trinajstić information content (AvgIpc) is 2.80. The highest BCUT2D eigenvalue weighted by atomic mass is 16.1. The van der Waals surface area contributed by atoms with Crippen molar-refractivity contribution in [2.45, 2.75) is 32.1 Å². The number of nitrogens with two attached hydrogens (primary N) is 1. The average molecular weight is 410 g/mol. The van der Waals surface area contributed by atoms with Gasteiger partial charge in [0, 0.05) is 32.1 Å². The Balaban J connectivity index is 1.50. The highest BCUT2D eigenvalue weighted by molar-refractivity contribution is 5.96. The molecule has 3 N–H and O–H groups in total. The zero-order chi connectivity index (χ0) is 20.9. The van der Waals surface area contributed by atoms with E-state index in [9.17, 15) is 9.59 Å². The number of pyridine rings is 1. The molecule has 10 heteroatoms. The Kier molecular flexibility index (Phi) is 6.01. The van der Waals surface area contributed by atoms with Gasteiger partial charge in [-0.25, -0.2) is 4.98 Å². The molecule has 2 aliphatic rings. The van der Waals surface area contributed by atoms with E-state index >= 15 is 0 Å². The maximum atomic E-state index is 11.8. The van der Waals surface area contributed by atoms with E-state index in [1.54, 1.807) is 6.20 Å². The topological polar surface area (TPSA) is 130 Å². The summed E-state index contributed by atoms with van der Waals surface area (Å²) in [5.41, 5.74) is 6.13. The van der Waals surface area contributed by atoms with Crippen molar-refractivity contribution in [3.63, 3.8) is 0 Å². The summed E-state index contributed by atoms with van der Waals surface area (Å²) in [5.74, 6) is 1.08. The molecule has 2 aromatic heterocycles. The Hall–Kier alpha value is -3.30. The predicted octanol–water partition coefficient (Wildman–Crippen LogP) is 1.51. The van der Waals surface area contributed by atoms with Gasteiger partial charge in [0.05, 0.1) is 11.9 Å². The number of nitrogens with one attached hydrogen (secondary N) is 1. The minimum Gasteiger partial charge on any atom is -0.364 e. The molecule has 30 heavy (non-hydrogen) atoms. The summed E-state index contributed by atoms with van der Waals surface area (Å²) in [6.07, 6.45) is 7.78. The number of amides is 1. The Bertz CT molecular complexity index is 890. The summed E-state index contributed by atoms with van der Waals surface area (Å²) < 4.78 is 0. The van der Waals surface area contributed by atoms with E-state index in [2.05, 4.69) is 35.3 Å². The van der Waals surface area contributed by atoms with E-state index in [1.165, 1.54) is 6.42 Å². The molecule has 4 heterocycles. The largest absolute Gasteiger partial charge is 0.364 e. The van der Waals surface area contributed by atoms with Gasteiger partial charge in [-0.3, -0.25) is 4.79 Å². The first-order valence-corrected chi connectivity index (χ1v) is 10.4. The summed E-state index contributed by atoms with van der Waals surface area (Å²) in [7, 11) is 0. The van der Waals surface area contributed by atoms with E-state index in [1.807, 2.05) is 12.1 Å². The third kappa shape index (κ3) is 4.47. The number of carbonyl (C=O) groups is 2. The lowest BCUT2D eigenvalue weighted by molar-refractivity contribution is -0.111. The number of aromatic nitrogens is 4. The number of piperidine rings is 2. The van der Waals surface area contributed by atoms with Gasteiger partial charge in [-0.2, -0.15) is 4.98 Å². The Morgan fingerprint density at radius 2 is 1.83 bits per heavy atom. The van der Waals surface area contributed by atoms with Crippen LogP contribution in [0.4, 0.5) is 23.3 Å². The van der Waals surface area contributed by atoms with E-state index in [0.29, 0.717) is 11.6 Å². The highest BCUT2D eigenvalue weighted by Gasteiger charge is 2.21. The van der Waals surface area contributed by atoms with Crippen LogP contribution in [0.15, 0.2) is 18.3 Å². The van der Waals surface area contributed by atoms with Crippen molar-refractivity contribution in [1.29, 1.82) is 0 Å². The zero-order valence-electron chi connectivity index (χ0n) is 16.8. The van der Waals surface area contributed by atoms with Crippen LogP contribution >= 0.6 is 0 Å². The van der Waals surface area contributed by atoms with Gasteiger partial charge in [0.1, 0.15) is 12.1 Å². The zero-order valence-corrected chi connectivity index (χ0v) is 16.8. The number of nitrogens with zero attached hydrogens (tertiary/aromatic N) is 6. The van der Waals surface area contributed by atoms with Crippen LogP contribution < -0.4 is 20.9 Å². The Morgan fingerprint density at radius 3 is 2.47 bits per heavy atom. The van der Waals surface area contributed by atoms with Crippen molar-refractivity contribution in [1.82, 2.24) is 20.2 Å². The van der Waals surface area contributed by atoms with Gasteiger partial charge in [-0.15, -0.1) is 10.2 Å². The van der Waals surface area contributed by atoms with Crippen LogP contribution in [0.3, 0.4) is 0 Å². The second-order valence-electron chi connectivity index (χ2n) is 7.71. The number of rotatable bonds is 6. The van der Waals surface area contributed by atoms with Crippen LogP contribution in [0, 0.1) is 5.92 Å². The summed E-state index contributed by atoms with van der Waals surface area (Å²) in [5, 5.41) is 11.2. The molecule has 0 saturated carbocycles. The minimum atomic E-state index is -0.690. The first kappa shape index (κ1) is 20.0. The van der Waals surface area contributed by atoms with Gasteiger partial charge in [0.2, 0.25) is 5.95 Å². The standard InChI is InChI=1S/C20H26N8O2/c21-18(30)17-19(24-20(26-25-17)28-8-2-1-3-9-28)23-15-4-5-16(22-12-15)27-10-6-14(13-29)7-11-27/h4-5,12-14H,1-3,6-11H2,(H2,21,30)(H,23,24,26). The molecule has 0 atom stereocenters. The number of anilines is 4. The molecule has 2 fully saturated rings. The van der Waals surface area contributed by atoms with Crippen LogP contribution in [0.2, 0.25) is 0 Å². The fourth-order valence-corrected chi connectivity index (χ4v) is 3.85. The number of hydrogen-bond acceptors (Lipinski definition) is 9. The van der Waals surface area contributed by atoms with Crippen molar-refractivity contribution >= 4 is 35.5 Å². The molecule has 1 amide bonds. The van der Waals surface area contributed by atoms with Crippen molar-refractivity contribution < 1.29 is 9.59 Å². The Morgan fingerprint density at radius 1 is 1.07 bits per heavy atom. The number of carbonyl (C=O) groups excluding carboxylic acids is 2. The van der Waals surface area contributed by atoms with Gasteiger partial charge < -0.3 is 25.6 Å². The van der Waals surface area contributed by atoms with Crippen molar-refractivity contribution in [3.8, 4) is 0 Å². The number of aldehydes is 1. The van der Waals surface area contributed by atoms with Gasteiger partial charge >= 0.3 is 0 Å². The van der Waals surface area contributed by atoms with E-state index < -0.39 is 5.91 Å². The van der Waals surface area contributed by atoms with Gasteiger partial charge in [-0.1, -0.05) is 0 Å². The van der Waals surface area contributed by atoms with Gasteiger partial charge in [-0.05, 0) is 44.2 Å². The van der Waals surface area contributed by atoms with E-state index in [0.717, 1.165) is 64.0 Å². The highest BCUT2D eigenvalue weighted by Crippen LogP contribution is 2.24. The maximum Gasteiger partial charge on any atom is 0.273 e. The molecule has 2 aliphatic heterocycles. The molecule has 0 unspecified atom stereocenters. The molecule has 2 saturated heterocycles. The normalized spacial score (nSPS) is 17.6. The monoisotopic (exact) mass is 410 g/mol. The van der Waals surface area contributed by atoms with Crippen molar-refractivity contribution in [2.75, 3.05) is 41.3 Å². The maximum absolute atomic E-state index is 11.8. The summed E-state index contributed by atoms with van der Waals surface area (Å²) in [6, 6.07) is 3.79. The van der Waals surface area contributed by atoms with Gasteiger partial charge in [0.15, 0.2) is 11.5 Å². The molecule has 4 rings (SSSR count). The molecule has 0 bridgehead atoms. The fraction of sp³-hybridized carbons (Fsp3) is 0.500. The lowest BCUT2D eigenvalue weighted by Gasteiger charge is -2.30. The molecule has 0 spiro atoms.